The van der Waals surface area contributed by atoms with Crippen LogP contribution in [0.2, 0.25) is 0 Å². The molecule has 158 valence electrons. The minimum atomic E-state index is -0.286. The molecular weight excluding hydrogens is 517 g/mol. The molecule has 12 heteroatoms. The highest BCUT2D eigenvalue weighted by atomic mass is 32.2. The third-order valence-electron chi connectivity index (χ3n) is 5.18. The van der Waals surface area contributed by atoms with Gasteiger partial charge in [0.05, 0.1) is 65.0 Å². The highest BCUT2D eigenvalue weighted by molar-refractivity contribution is 8.03. The summed E-state index contributed by atoms with van der Waals surface area (Å²) in [5.74, 6) is -0.572. The Morgan fingerprint density at radius 1 is 0.750 bits per heavy atom. The number of aromatic nitrogens is 2. The third kappa shape index (κ3) is 3.44. The fraction of sp³-hybridized carbons (Fsp3) is 0.100. The van der Waals surface area contributed by atoms with Crippen molar-refractivity contribution in [3.05, 3.63) is 74.3 Å². The maximum Gasteiger partial charge on any atom is 0.159 e. The van der Waals surface area contributed by atoms with Crippen LogP contribution in [-0.2, 0) is 0 Å². The SMILES string of the molecule is N#CC1=C(N)Sc2[nH]c(=S)sc2C1c1ccc(C2C(C#N)=C(N)Sc3[nH]c(=S)sc32)cc1. The molecule has 6 N–H and O–H groups in total. The van der Waals surface area contributed by atoms with E-state index in [1.807, 2.05) is 24.3 Å². The molecule has 0 fully saturated rings. The van der Waals surface area contributed by atoms with Crippen LogP contribution < -0.4 is 11.5 Å². The van der Waals surface area contributed by atoms with Gasteiger partial charge in [0.25, 0.3) is 0 Å². The molecule has 2 aromatic heterocycles. The number of rotatable bonds is 2. The molecule has 6 nitrogen and oxygen atoms in total. The zero-order valence-electron chi connectivity index (χ0n) is 16.0. The molecule has 0 saturated heterocycles. The minimum Gasteiger partial charge on any atom is -0.392 e. The summed E-state index contributed by atoms with van der Waals surface area (Å²) in [5, 5.41) is 22.3. The van der Waals surface area contributed by atoms with E-state index >= 15 is 0 Å². The minimum absolute atomic E-state index is 0.286. The van der Waals surface area contributed by atoms with E-state index < -0.39 is 0 Å². The Kier molecular flexibility index (Phi) is 5.53. The largest absolute Gasteiger partial charge is 0.392 e. The van der Waals surface area contributed by atoms with Gasteiger partial charge in [-0.05, 0) is 35.6 Å². The summed E-state index contributed by atoms with van der Waals surface area (Å²) < 4.78 is 1.30. The van der Waals surface area contributed by atoms with Gasteiger partial charge in [0, 0.05) is 0 Å². The number of aromatic amines is 2. The van der Waals surface area contributed by atoms with Crippen molar-refractivity contribution >= 4 is 70.6 Å². The van der Waals surface area contributed by atoms with Crippen molar-refractivity contribution in [2.45, 2.75) is 21.9 Å². The highest BCUT2D eigenvalue weighted by Gasteiger charge is 2.34. The predicted octanol–water partition coefficient (Wildman–Crippen LogP) is 5.79. The van der Waals surface area contributed by atoms with E-state index in [0.717, 1.165) is 30.9 Å². The molecule has 0 bridgehead atoms. The van der Waals surface area contributed by atoms with Crippen LogP contribution in [0.5, 0.6) is 0 Å². The maximum atomic E-state index is 9.79. The van der Waals surface area contributed by atoms with Crippen LogP contribution in [0.1, 0.15) is 32.7 Å². The van der Waals surface area contributed by atoms with E-state index in [1.54, 1.807) is 0 Å². The first-order chi connectivity index (χ1) is 15.4. The van der Waals surface area contributed by atoms with Gasteiger partial charge in [-0.25, -0.2) is 0 Å². The number of allylic oxidation sites excluding steroid dienone is 2. The van der Waals surface area contributed by atoms with Crippen molar-refractivity contribution in [2.75, 3.05) is 0 Å². The number of nitrogens with zero attached hydrogens (tertiary/aromatic N) is 2. The van der Waals surface area contributed by atoms with Crippen LogP contribution in [0.15, 0.2) is 55.5 Å². The van der Waals surface area contributed by atoms with Crippen molar-refractivity contribution < 1.29 is 0 Å². The van der Waals surface area contributed by atoms with Crippen LogP contribution in [-0.4, -0.2) is 9.97 Å². The normalized spacial score (nSPS) is 19.8. The van der Waals surface area contributed by atoms with Gasteiger partial charge in [0.15, 0.2) is 7.91 Å². The lowest BCUT2D eigenvalue weighted by atomic mass is 9.86. The van der Waals surface area contributed by atoms with Gasteiger partial charge >= 0.3 is 0 Å². The van der Waals surface area contributed by atoms with E-state index in [4.69, 9.17) is 35.9 Å². The molecule has 1 aromatic carbocycles. The average Bonchev–Trinajstić information content (AvgIpc) is 3.32. The van der Waals surface area contributed by atoms with Gasteiger partial charge < -0.3 is 21.4 Å². The molecule has 2 unspecified atom stereocenters. The van der Waals surface area contributed by atoms with Crippen LogP contribution >= 0.6 is 70.6 Å². The Morgan fingerprint density at radius 3 is 1.47 bits per heavy atom. The maximum absolute atomic E-state index is 9.79. The number of thioether (sulfide) groups is 2. The van der Waals surface area contributed by atoms with E-state index in [2.05, 4.69) is 22.1 Å². The second-order valence-corrected chi connectivity index (χ2v) is 12.5. The smallest absolute Gasteiger partial charge is 0.159 e. The molecule has 5 rings (SSSR count). The Balaban J connectivity index is 1.61. The summed E-state index contributed by atoms with van der Waals surface area (Å²) in [4.78, 5) is 8.31. The van der Waals surface area contributed by atoms with Crippen LogP contribution in [0, 0.1) is 30.6 Å². The molecule has 2 aliphatic rings. The summed E-state index contributed by atoms with van der Waals surface area (Å²) >= 11 is 16.3. The summed E-state index contributed by atoms with van der Waals surface area (Å²) in [5.41, 5.74) is 15.3. The number of benzene rings is 1. The van der Waals surface area contributed by atoms with Gasteiger partial charge in [0.2, 0.25) is 0 Å². The fourth-order valence-electron chi connectivity index (χ4n) is 3.82. The molecular formula is C20H12N6S6. The summed E-state index contributed by atoms with van der Waals surface area (Å²) in [6.45, 7) is 0. The highest BCUT2D eigenvalue weighted by Crippen LogP contribution is 2.49. The van der Waals surface area contributed by atoms with Gasteiger partial charge in [-0.15, -0.1) is 22.7 Å². The lowest BCUT2D eigenvalue weighted by Gasteiger charge is -2.25. The zero-order chi connectivity index (χ0) is 22.6. The predicted molar refractivity (Wildman–Crippen MR) is 135 cm³/mol. The third-order valence-corrected chi connectivity index (χ3v) is 9.97. The second-order valence-electron chi connectivity index (χ2n) is 6.93. The molecule has 4 heterocycles. The van der Waals surface area contributed by atoms with Gasteiger partial charge in [-0.3, -0.25) is 0 Å². The van der Waals surface area contributed by atoms with E-state index in [9.17, 15) is 10.5 Å². The zero-order valence-corrected chi connectivity index (χ0v) is 20.9. The van der Waals surface area contributed by atoms with Gasteiger partial charge in [-0.1, -0.05) is 47.8 Å². The van der Waals surface area contributed by atoms with Crippen LogP contribution in [0.25, 0.3) is 0 Å². The Bertz CT molecular complexity index is 1400. The topological polar surface area (TPSA) is 131 Å². The molecule has 0 radical (unpaired) electrons. The lowest BCUT2D eigenvalue weighted by molar-refractivity contribution is 0.913. The molecule has 0 spiro atoms. The molecule has 2 atom stereocenters. The van der Waals surface area contributed by atoms with Crippen molar-refractivity contribution in [3.63, 3.8) is 0 Å². The second kappa shape index (κ2) is 8.23. The molecule has 0 amide bonds. The summed E-state index contributed by atoms with van der Waals surface area (Å²) in [6.07, 6.45) is 0. The van der Waals surface area contributed by atoms with Crippen molar-refractivity contribution in [1.82, 2.24) is 9.97 Å². The number of nitriles is 2. The number of hydrogen-bond acceptors (Lipinski definition) is 10. The monoisotopic (exact) mass is 528 g/mol. The number of nitrogens with one attached hydrogen (secondary N) is 2. The molecule has 3 aromatic rings. The van der Waals surface area contributed by atoms with Crippen molar-refractivity contribution in [2.24, 2.45) is 11.5 Å². The van der Waals surface area contributed by atoms with Gasteiger partial charge in [-0.2, -0.15) is 10.5 Å². The Morgan fingerprint density at radius 2 is 1.12 bits per heavy atom. The average molecular weight is 529 g/mol. The van der Waals surface area contributed by atoms with E-state index in [0.29, 0.717) is 29.1 Å². The Labute approximate surface area is 209 Å². The van der Waals surface area contributed by atoms with E-state index in [1.165, 1.54) is 46.2 Å². The summed E-state index contributed by atoms with van der Waals surface area (Å²) in [7, 11) is 0. The lowest BCUT2D eigenvalue weighted by Crippen LogP contribution is -2.14. The molecule has 0 saturated carbocycles. The van der Waals surface area contributed by atoms with Gasteiger partial charge in [0.1, 0.15) is 0 Å². The number of H-pyrrole nitrogens is 2. The summed E-state index contributed by atoms with van der Waals surface area (Å²) in [6, 6.07) is 12.5. The van der Waals surface area contributed by atoms with Crippen LogP contribution in [0.4, 0.5) is 0 Å². The number of fused-ring (bicyclic) bond motifs is 2. The fourth-order valence-corrected chi connectivity index (χ4v) is 8.78. The number of thiazole rings is 2. The van der Waals surface area contributed by atoms with E-state index in [-0.39, 0.29) is 11.8 Å². The quantitative estimate of drug-likeness (QED) is 0.308. The number of nitrogens with two attached hydrogens (primary N) is 2. The first kappa shape index (κ1) is 21.5. The molecule has 0 aliphatic carbocycles. The van der Waals surface area contributed by atoms with Crippen molar-refractivity contribution in [1.29, 1.82) is 10.5 Å². The van der Waals surface area contributed by atoms with Crippen LogP contribution in [0.3, 0.4) is 0 Å². The first-order valence-corrected chi connectivity index (χ1v) is 13.2. The van der Waals surface area contributed by atoms with Crippen molar-refractivity contribution in [3.8, 4) is 12.1 Å². The Hall–Kier alpha value is -2.32. The first-order valence-electron chi connectivity index (χ1n) is 9.12. The standard InChI is InChI=1S/C20H12N6S6/c21-5-9-11(13-17(31-15(9)23)25-19(27)29-13)7-1-2-8(4-3-7)12-10(6-22)16(24)32-18-14(12)30-20(28)26-18/h1-4,11-12H,23-24H2,(H,25,27)(H,26,28). The molecule has 2 aliphatic heterocycles. The number of hydrogen-bond donors (Lipinski definition) is 4. The molecule has 32 heavy (non-hydrogen) atoms.